The van der Waals surface area contributed by atoms with Crippen molar-refractivity contribution in [3.63, 3.8) is 0 Å². The predicted octanol–water partition coefficient (Wildman–Crippen LogP) is 3.58. The van der Waals surface area contributed by atoms with E-state index in [4.69, 9.17) is 0 Å². The van der Waals surface area contributed by atoms with E-state index in [1.165, 1.54) is 6.07 Å². The number of amides is 1. The molecule has 2 N–H and O–H groups in total. The first-order valence-electron chi connectivity index (χ1n) is 7.71. The van der Waals surface area contributed by atoms with Crippen LogP contribution < -0.4 is 10.6 Å². The molecule has 4 nitrogen and oxygen atoms in total. The van der Waals surface area contributed by atoms with E-state index in [2.05, 4.69) is 15.5 Å². The first-order chi connectivity index (χ1) is 11.5. The molecule has 2 rings (SSSR count). The number of nitrogens with one attached hydrogen (secondary N) is 2. The monoisotopic (exact) mass is 333 g/mol. The molecule has 0 spiro atoms. The van der Waals surface area contributed by atoms with E-state index in [9.17, 15) is 13.6 Å². The number of benzene rings is 2. The van der Waals surface area contributed by atoms with E-state index in [-0.39, 0.29) is 5.56 Å². The third-order valence-corrected chi connectivity index (χ3v) is 3.44. The topological polar surface area (TPSA) is 44.4 Å². The number of hydrogen-bond acceptors (Lipinski definition) is 3. The summed E-state index contributed by atoms with van der Waals surface area (Å²) in [6.45, 7) is 1.87. The Balaban J connectivity index is 1.88. The molecule has 0 radical (unpaired) electrons. The standard InChI is InChI=1S/C18H21F2N3O/c1-23(2)11-3-10-21-14-5-7-15(8-6-14)22-18(24)13-4-9-16(19)17(20)12-13/h4-9,12,21H,3,10-11H2,1-2H3,(H,22,24). The minimum absolute atomic E-state index is 0.0692. The van der Waals surface area contributed by atoms with Crippen LogP contribution in [0, 0.1) is 11.6 Å². The van der Waals surface area contributed by atoms with Gasteiger partial charge in [0.2, 0.25) is 0 Å². The highest BCUT2D eigenvalue weighted by molar-refractivity contribution is 6.04. The molecule has 0 saturated carbocycles. The number of carbonyl (C=O) groups is 1. The van der Waals surface area contributed by atoms with E-state index >= 15 is 0 Å². The van der Waals surface area contributed by atoms with Gasteiger partial charge in [-0.3, -0.25) is 4.79 Å². The van der Waals surface area contributed by atoms with Gasteiger partial charge >= 0.3 is 0 Å². The van der Waals surface area contributed by atoms with Gasteiger partial charge in [0.25, 0.3) is 5.91 Å². The lowest BCUT2D eigenvalue weighted by Crippen LogP contribution is -2.16. The van der Waals surface area contributed by atoms with Crippen LogP contribution in [-0.4, -0.2) is 38.0 Å². The highest BCUT2D eigenvalue weighted by atomic mass is 19.2. The Bertz CT molecular complexity index is 687. The van der Waals surface area contributed by atoms with Gasteiger partial charge in [0.15, 0.2) is 11.6 Å². The van der Waals surface area contributed by atoms with Crippen molar-refractivity contribution in [1.29, 1.82) is 0 Å². The van der Waals surface area contributed by atoms with Crippen molar-refractivity contribution < 1.29 is 13.6 Å². The molecule has 0 aliphatic heterocycles. The van der Waals surface area contributed by atoms with Gasteiger partial charge in [-0.2, -0.15) is 0 Å². The summed E-state index contributed by atoms with van der Waals surface area (Å²) in [6, 6.07) is 10.3. The Morgan fingerprint density at radius 2 is 1.67 bits per heavy atom. The van der Waals surface area contributed by atoms with Crippen LogP contribution >= 0.6 is 0 Å². The third-order valence-electron chi connectivity index (χ3n) is 3.44. The van der Waals surface area contributed by atoms with E-state index in [0.29, 0.717) is 5.69 Å². The fourth-order valence-electron chi connectivity index (χ4n) is 2.14. The Kier molecular flexibility index (Phi) is 6.26. The molecule has 6 heteroatoms. The number of halogens is 2. The first kappa shape index (κ1) is 17.9. The SMILES string of the molecule is CN(C)CCCNc1ccc(NC(=O)c2ccc(F)c(F)c2)cc1. The van der Waals surface area contributed by atoms with Gasteiger partial charge in [0.1, 0.15) is 0 Å². The lowest BCUT2D eigenvalue weighted by Gasteiger charge is -2.11. The van der Waals surface area contributed by atoms with Crippen LogP contribution in [0.3, 0.4) is 0 Å². The summed E-state index contributed by atoms with van der Waals surface area (Å²) in [6.07, 6.45) is 1.03. The fraction of sp³-hybridized carbons (Fsp3) is 0.278. The molecule has 0 unspecified atom stereocenters. The zero-order chi connectivity index (χ0) is 17.5. The van der Waals surface area contributed by atoms with Gasteiger partial charge in [-0.15, -0.1) is 0 Å². The minimum atomic E-state index is -1.04. The molecule has 0 fully saturated rings. The van der Waals surface area contributed by atoms with Gasteiger partial charge in [-0.1, -0.05) is 0 Å². The van der Waals surface area contributed by atoms with Crippen molar-refractivity contribution >= 4 is 17.3 Å². The maximum atomic E-state index is 13.2. The molecule has 0 bridgehead atoms. The third kappa shape index (κ3) is 5.31. The van der Waals surface area contributed by atoms with Gasteiger partial charge in [-0.25, -0.2) is 8.78 Å². The zero-order valence-electron chi connectivity index (χ0n) is 13.8. The first-order valence-corrected chi connectivity index (χ1v) is 7.71. The maximum absolute atomic E-state index is 13.2. The number of anilines is 2. The summed E-state index contributed by atoms with van der Waals surface area (Å²) in [4.78, 5) is 14.1. The molecule has 2 aromatic rings. The number of nitrogens with zero attached hydrogens (tertiary/aromatic N) is 1. The van der Waals surface area contributed by atoms with Crippen molar-refractivity contribution in [1.82, 2.24) is 4.90 Å². The van der Waals surface area contributed by atoms with E-state index < -0.39 is 17.5 Å². The van der Waals surface area contributed by atoms with Gasteiger partial charge in [0.05, 0.1) is 0 Å². The highest BCUT2D eigenvalue weighted by Gasteiger charge is 2.10. The second kappa shape index (κ2) is 8.40. The van der Waals surface area contributed by atoms with Crippen molar-refractivity contribution in [2.75, 3.05) is 37.8 Å². The molecule has 24 heavy (non-hydrogen) atoms. The molecular formula is C18H21F2N3O. The van der Waals surface area contributed by atoms with Crippen molar-refractivity contribution in [3.05, 3.63) is 59.7 Å². The van der Waals surface area contributed by atoms with Crippen LogP contribution in [0.1, 0.15) is 16.8 Å². The molecule has 0 heterocycles. The van der Waals surface area contributed by atoms with Crippen LogP contribution in [0.15, 0.2) is 42.5 Å². The molecule has 0 atom stereocenters. The number of carbonyl (C=O) groups excluding carboxylic acids is 1. The second-order valence-electron chi connectivity index (χ2n) is 5.74. The normalized spacial score (nSPS) is 10.7. The Morgan fingerprint density at radius 3 is 2.29 bits per heavy atom. The van der Waals surface area contributed by atoms with Crippen molar-refractivity contribution in [2.45, 2.75) is 6.42 Å². The average molecular weight is 333 g/mol. The van der Waals surface area contributed by atoms with Gasteiger partial charge in [0, 0.05) is 23.5 Å². The van der Waals surface area contributed by atoms with E-state index in [1.807, 2.05) is 26.2 Å². The second-order valence-corrected chi connectivity index (χ2v) is 5.74. The summed E-state index contributed by atoms with van der Waals surface area (Å²) in [5.74, 6) is -2.50. The van der Waals surface area contributed by atoms with Crippen molar-refractivity contribution in [3.8, 4) is 0 Å². The molecule has 0 aromatic heterocycles. The summed E-state index contributed by atoms with van der Waals surface area (Å²) in [7, 11) is 4.06. The number of rotatable bonds is 7. The van der Waals surface area contributed by atoms with E-state index in [1.54, 1.807) is 12.1 Å². The minimum Gasteiger partial charge on any atom is -0.385 e. The predicted molar refractivity (Wildman–Crippen MR) is 92.4 cm³/mol. The zero-order valence-corrected chi connectivity index (χ0v) is 13.8. The largest absolute Gasteiger partial charge is 0.385 e. The maximum Gasteiger partial charge on any atom is 0.255 e. The molecule has 0 aliphatic carbocycles. The smallest absolute Gasteiger partial charge is 0.255 e. The van der Waals surface area contributed by atoms with Crippen LogP contribution in [0.4, 0.5) is 20.2 Å². The summed E-state index contributed by atoms with van der Waals surface area (Å²) >= 11 is 0. The molecule has 2 aromatic carbocycles. The Labute approximate surface area is 140 Å². The molecule has 0 aliphatic rings. The Morgan fingerprint density at radius 1 is 1.00 bits per heavy atom. The summed E-state index contributed by atoms with van der Waals surface area (Å²) in [5.41, 5.74) is 1.61. The Hall–Kier alpha value is -2.47. The van der Waals surface area contributed by atoms with Crippen LogP contribution in [0.5, 0.6) is 0 Å². The van der Waals surface area contributed by atoms with Gasteiger partial charge < -0.3 is 15.5 Å². The lowest BCUT2D eigenvalue weighted by atomic mass is 10.2. The van der Waals surface area contributed by atoms with Crippen LogP contribution in [0.2, 0.25) is 0 Å². The summed E-state index contributed by atoms with van der Waals surface area (Å²) < 4.78 is 26.1. The van der Waals surface area contributed by atoms with Crippen LogP contribution in [-0.2, 0) is 0 Å². The number of hydrogen-bond donors (Lipinski definition) is 2. The summed E-state index contributed by atoms with van der Waals surface area (Å²) in [5, 5.41) is 5.95. The quantitative estimate of drug-likeness (QED) is 0.761. The molecule has 1 amide bonds. The molecular weight excluding hydrogens is 312 g/mol. The van der Waals surface area contributed by atoms with Crippen LogP contribution in [0.25, 0.3) is 0 Å². The lowest BCUT2D eigenvalue weighted by molar-refractivity contribution is 0.102. The van der Waals surface area contributed by atoms with Crippen molar-refractivity contribution in [2.24, 2.45) is 0 Å². The average Bonchev–Trinajstić information content (AvgIpc) is 2.55. The molecule has 0 saturated heterocycles. The fourth-order valence-corrected chi connectivity index (χ4v) is 2.14. The highest BCUT2D eigenvalue weighted by Crippen LogP contribution is 2.15. The van der Waals surface area contributed by atoms with E-state index in [0.717, 1.165) is 37.3 Å². The van der Waals surface area contributed by atoms with Gasteiger partial charge in [-0.05, 0) is 69.5 Å². The molecule has 128 valence electrons.